The van der Waals surface area contributed by atoms with Crippen molar-refractivity contribution in [2.75, 3.05) is 23.4 Å². The summed E-state index contributed by atoms with van der Waals surface area (Å²) in [7, 11) is 0. The maximum atomic E-state index is 13.4. The van der Waals surface area contributed by atoms with Crippen molar-refractivity contribution < 1.29 is 23.5 Å². The number of anilines is 2. The molecule has 2 aliphatic heterocycles. The number of fused-ring (bicyclic) bond motifs is 2. The first-order chi connectivity index (χ1) is 12.0. The number of hydrogen-bond acceptors (Lipinski definition) is 4. The molecular weight excluding hydrogens is 327 g/mol. The van der Waals surface area contributed by atoms with Crippen molar-refractivity contribution >= 4 is 23.2 Å². The SMILES string of the molecule is C[C@@H]1COc2cc(F)ccc2N1C(=O)c1ccc2c(c1)NC(=O)CO2. The summed E-state index contributed by atoms with van der Waals surface area (Å²) in [6, 6.07) is 8.75. The number of ether oxygens (including phenoxy) is 2. The Kier molecular flexibility index (Phi) is 3.56. The molecule has 2 aliphatic rings. The Balaban J connectivity index is 1.72. The lowest BCUT2D eigenvalue weighted by Gasteiger charge is -2.35. The third-order valence-electron chi connectivity index (χ3n) is 4.18. The predicted octanol–water partition coefficient (Wildman–Crippen LogP) is 2.58. The van der Waals surface area contributed by atoms with Gasteiger partial charge in [0.05, 0.1) is 17.4 Å². The molecule has 7 heteroatoms. The fourth-order valence-corrected chi connectivity index (χ4v) is 2.99. The second-order valence-corrected chi connectivity index (χ2v) is 6.00. The van der Waals surface area contributed by atoms with Gasteiger partial charge in [-0.25, -0.2) is 4.39 Å². The monoisotopic (exact) mass is 342 g/mol. The highest BCUT2D eigenvalue weighted by Crippen LogP contribution is 2.36. The Morgan fingerprint density at radius 3 is 2.88 bits per heavy atom. The van der Waals surface area contributed by atoms with Gasteiger partial charge in [-0.3, -0.25) is 14.5 Å². The van der Waals surface area contributed by atoms with Crippen molar-refractivity contribution in [2.24, 2.45) is 0 Å². The van der Waals surface area contributed by atoms with Crippen molar-refractivity contribution in [2.45, 2.75) is 13.0 Å². The number of amides is 2. The first-order valence-corrected chi connectivity index (χ1v) is 7.85. The molecule has 0 aromatic heterocycles. The lowest BCUT2D eigenvalue weighted by Crippen LogP contribution is -2.45. The zero-order valence-corrected chi connectivity index (χ0v) is 13.4. The smallest absolute Gasteiger partial charge is 0.262 e. The Hall–Kier alpha value is -3.09. The van der Waals surface area contributed by atoms with Crippen LogP contribution < -0.4 is 19.7 Å². The Morgan fingerprint density at radius 1 is 1.20 bits per heavy atom. The molecule has 0 aliphatic carbocycles. The van der Waals surface area contributed by atoms with E-state index in [1.54, 1.807) is 23.1 Å². The quantitative estimate of drug-likeness (QED) is 0.865. The zero-order chi connectivity index (χ0) is 17.6. The molecule has 4 rings (SSSR count). The summed E-state index contributed by atoms with van der Waals surface area (Å²) >= 11 is 0. The van der Waals surface area contributed by atoms with Crippen molar-refractivity contribution in [3.05, 3.63) is 47.8 Å². The third-order valence-corrected chi connectivity index (χ3v) is 4.18. The van der Waals surface area contributed by atoms with Crippen LogP contribution >= 0.6 is 0 Å². The molecule has 2 heterocycles. The average Bonchev–Trinajstić information content (AvgIpc) is 2.60. The highest BCUT2D eigenvalue weighted by Gasteiger charge is 2.31. The number of carbonyl (C=O) groups is 2. The Bertz CT molecular complexity index is 883. The largest absolute Gasteiger partial charge is 0.489 e. The third kappa shape index (κ3) is 2.67. The first-order valence-electron chi connectivity index (χ1n) is 7.85. The van der Waals surface area contributed by atoms with E-state index in [9.17, 15) is 14.0 Å². The van der Waals surface area contributed by atoms with E-state index in [0.717, 1.165) is 0 Å². The van der Waals surface area contributed by atoms with Gasteiger partial charge in [0.15, 0.2) is 6.61 Å². The van der Waals surface area contributed by atoms with Crippen molar-refractivity contribution in [1.82, 2.24) is 0 Å². The van der Waals surface area contributed by atoms with Crippen molar-refractivity contribution in [1.29, 1.82) is 0 Å². The van der Waals surface area contributed by atoms with Gasteiger partial charge in [-0.1, -0.05) is 0 Å². The summed E-state index contributed by atoms with van der Waals surface area (Å²) in [5.74, 6) is -0.0898. The second-order valence-electron chi connectivity index (χ2n) is 6.00. The molecule has 2 aromatic carbocycles. The molecule has 1 N–H and O–H groups in total. The number of carbonyl (C=O) groups excluding carboxylic acids is 2. The minimum atomic E-state index is -0.422. The summed E-state index contributed by atoms with van der Waals surface area (Å²) in [4.78, 5) is 26.1. The van der Waals surface area contributed by atoms with Gasteiger partial charge in [-0.15, -0.1) is 0 Å². The lowest BCUT2D eigenvalue weighted by molar-refractivity contribution is -0.118. The summed E-state index contributed by atoms with van der Waals surface area (Å²) in [5, 5.41) is 2.69. The minimum absolute atomic E-state index is 0.0419. The maximum Gasteiger partial charge on any atom is 0.262 e. The van der Waals surface area contributed by atoms with E-state index < -0.39 is 5.82 Å². The number of nitrogens with one attached hydrogen (secondary N) is 1. The van der Waals surface area contributed by atoms with E-state index in [0.29, 0.717) is 28.4 Å². The fourth-order valence-electron chi connectivity index (χ4n) is 2.99. The van der Waals surface area contributed by atoms with Crippen molar-refractivity contribution in [3.63, 3.8) is 0 Å². The second kappa shape index (κ2) is 5.77. The molecule has 25 heavy (non-hydrogen) atoms. The zero-order valence-electron chi connectivity index (χ0n) is 13.4. The first kappa shape index (κ1) is 15.4. The highest BCUT2D eigenvalue weighted by atomic mass is 19.1. The van der Waals surface area contributed by atoms with Crippen LogP contribution in [0.4, 0.5) is 15.8 Å². The van der Waals surface area contributed by atoms with Gasteiger partial charge >= 0.3 is 0 Å². The molecule has 0 fully saturated rings. The highest BCUT2D eigenvalue weighted by molar-refractivity contribution is 6.09. The molecule has 2 aromatic rings. The molecule has 0 saturated heterocycles. The number of hydrogen-bond donors (Lipinski definition) is 1. The standard InChI is InChI=1S/C18H15FN2O4/c1-10-8-24-16-7-12(19)3-4-14(16)21(10)18(23)11-2-5-15-13(6-11)20-17(22)9-25-15/h2-7,10H,8-9H2,1H3,(H,20,22)/t10-/m1/s1. The number of nitrogens with zero attached hydrogens (tertiary/aromatic N) is 1. The predicted molar refractivity (Wildman–Crippen MR) is 88.7 cm³/mol. The molecule has 128 valence electrons. The topological polar surface area (TPSA) is 67.9 Å². The van der Waals surface area contributed by atoms with Crippen LogP contribution in [-0.2, 0) is 4.79 Å². The van der Waals surface area contributed by atoms with Crippen molar-refractivity contribution in [3.8, 4) is 11.5 Å². The van der Waals surface area contributed by atoms with E-state index in [-0.39, 0.29) is 31.1 Å². The van der Waals surface area contributed by atoms with Crippen LogP contribution in [-0.4, -0.2) is 31.1 Å². The molecule has 0 radical (unpaired) electrons. The minimum Gasteiger partial charge on any atom is -0.489 e. The van der Waals surface area contributed by atoms with Crippen LogP contribution in [0.3, 0.4) is 0 Å². The van der Waals surface area contributed by atoms with Crippen LogP contribution in [0.15, 0.2) is 36.4 Å². The van der Waals surface area contributed by atoms with Crippen LogP contribution in [0, 0.1) is 5.82 Å². The Morgan fingerprint density at radius 2 is 2.04 bits per heavy atom. The fraction of sp³-hybridized carbons (Fsp3) is 0.222. The summed E-state index contributed by atoms with van der Waals surface area (Å²) in [6.07, 6.45) is 0. The molecule has 0 spiro atoms. The van der Waals surface area contributed by atoms with E-state index in [1.807, 2.05) is 6.92 Å². The van der Waals surface area contributed by atoms with Crippen LogP contribution in [0.25, 0.3) is 0 Å². The summed E-state index contributed by atoms with van der Waals surface area (Å²) < 4.78 is 24.3. The average molecular weight is 342 g/mol. The molecule has 0 saturated carbocycles. The number of halogens is 1. The molecule has 0 bridgehead atoms. The van der Waals surface area contributed by atoms with Gasteiger partial charge in [0.2, 0.25) is 0 Å². The van der Waals surface area contributed by atoms with E-state index in [2.05, 4.69) is 5.32 Å². The molecule has 0 unspecified atom stereocenters. The lowest BCUT2D eigenvalue weighted by atomic mass is 10.1. The van der Waals surface area contributed by atoms with Gasteiger partial charge in [0.1, 0.15) is 23.9 Å². The molecule has 2 amide bonds. The Labute approximate surface area is 143 Å². The maximum absolute atomic E-state index is 13.4. The van der Waals surface area contributed by atoms with E-state index in [1.165, 1.54) is 18.2 Å². The van der Waals surface area contributed by atoms with Gasteiger partial charge in [0, 0.05) is 11.6 Å². The molecule has 1 atom stereocenters. The van der Waals surface area contributed by atoms with Crippen LogP contribution in [0.5, 0.6) is 11.5 Å². The van der Waals surface area contributed by atoms with Gasteiger partial charge in [0.25, 0.3) is 11.8 Å². The number of benzene rings is 2. The summed E-state index contributed by atoms with van der Waals surface area (Å²) in [6.45, 7) is 2.08. The number of rotatable bonds is 1. The van der Waals surface area contributed by atoms with Crippen LogP contribution in [0.2, 0.25) is 0 Å². The molecule has 6 nitrogen and oxygen atoms in total. The normalized spacial score (nSPS) is 18.4. The van der Waals surface area contributed by atoms with Gasteiger partial charge < -0.3 is 14.8 Å². The van der Waals surface area contributed by atoms with Gasteiger partial charge in [-0.2, -0.15) is 0 Å². The van der Waals surface area contributed by atoms with Crippen LogP contribution in [0.1, 0.15) is 17.3 Å². The van der Waals surface area contributed by atoms with E-state index in [4.69, 9.17) is 9.47 Å². The summed E-state index contributed by atoms with van der Waals surface area (Å²) in [5.41, 5.74) is 1.37. The van der Waals surface area contributed by atoms with E-state index >= 15 is 0 Å². The van der Waals surface area contributed by atoms with Gasteiger partial charge in [-0.05, 0) is 37.3 Å². The molecular formula is C18H15FN2O4.